The standard InChI is InChI=1S/C22H35N/c1-14-5-8-20(3)16(11-14)12-15(2)19-17(20)6-9-21(4)18(19)7-10-22(21)13-23-22/h14,16-19,23H,2,5-13H2,1,3-4H3. The fourth-order valence-corrected chi connectivity index (χ4v) is 8.16. The van der Waals surface area contributed by atoms with Gasteiger partial charge in [-0.2, -0.15) is 0 Å². The number of fused-ring (bicyclic) bond motifs is 6. The maximum Gasteiger partial charge on any atom is 0.0364 e. The Labute approximate surface area is 142 Å². The number of allylic oxidation sites excluding steroid dienone is 1. The molecule has 1 spiro atoms. The van der Waals surface area contributed by atoms with Gasteiger partial charge in [0.2, 0.25) is 0 Å². The Morgan fingerprint density at radius 3 is 2.52 bits per heavy atom. The lowest BCUT2D eigenvalue weighted by atomic mass is 9.43. The van der Waals surface area contributed by atoms with Crippen molar-refractivity contribution in [1.29, 1.82) is 0 Å². The molecule has 5 aliphatic rings. The third-order valence-electron chi connectivity index (χ3n) is 9.86. The maximum absolute atomic E-state index is 4.68. The van der Waals surface area contributed by atoms with E-state index < -0.39 is 0 Å². The molecule has 0 radical (unpaired) electrons. The minimum absolute atomic E-state index is 0.530. The van der Waals surface area contributed by atoms with Crippen LogP contribution in [0.4, 0.5) is 0 Å². The van der Waals surface area contributed by atoms with Gasteiger partial charge in [-0.05, 0) is 85.4 Å². The summed E-state index contributed by atoms with van der Waals surface area (Å²) in [6, 6.07) is 0. The molecule has 0 bridgehead atoms. The molecule has 128 valence electrons. The van der Waals surface area contributed by atoms with E-state index >= 15 is 0 Å². The van der Waals surface area contributed by atoms with E-state index in [-0.39, 0.29) is 0 Å². The first-order valence-corrected chi connectivity index (χ1v) is 10.3. The van der Waals surface area contributed by atoms with E-state index in [1.165, 1.54) is 57.9 Å². The summed E-state index contributed by atoms with van der Waals surface area (Å²) in [5.74, 6) is 4.56. The molecule has 4 saturated carbocycles. The van der Waals surface area contributed by atoms with Crippen LogP contribution in [0.5, 0.6) is 0 Å². The molecule has 1 saturated heterocycles. The Bertz CT molecular complexity index is 546. The van der Waals surface area contributed by atoms with Crippen LogP contribution in [0.2, 0.25) is 0 Å². The van der Waals surface area contributed by atoms with Crippen LogP contribution in [0.3, 0.4) is 0 Å². The van der Waals surface area contributed by atoms with Gasteiger partial charge in [-0.1, -0.05) is 39.3 Å². The van der Waals surface area contributed by atoms with Crippen LogP contribution >= 0.6 is 0 Å². The molecule has 0 aromatic carbocycles. The van der Waals surface area contributed by atoms with E-state index in [0.717, 1.165) is 29.6 Å². The highest BCUT2D eigenvalue weighted by Crippen LogP contribution is 2.70. The largest absolute Gasteiger partial charge is 0.308 e. The molecule has 4 aliphatic carbocycles. The summed E-state index contributed by atoms with van der Waals surface area (Å²) in [5, 5.41) is 3.80. The van der Waals surface area contributed by atoms with Gasteiger partial charge in [0.1, 0.15) is 0 Å². The molecule has 23 heavy (non-hydrogen) atoms. The summed E-state index contributed by atoms with van der Waals surface area (Å²) >= 11 is 0. The number of hydrogen-bond donors (Lipinski definition) is 1. The van der Waals surface area contributed by atoms with Crippen LogP contribution < -0.4 is 5.32 Å². The lowest BCUT2D eigenvalue weighted by Crippen LogP contribution is -2.55. The maximum atomic E-state index is 4.68. The quantitative estimate of drug-likeness (QED) is 0.483. The van der Waals surface area contributed by atoms with Gasteiger partial charge >= 0.3 is 0 Å². The van der Waals surface area contributed by atoms with Gasteiger partial charge in [0.25, 0.3) is 0 Å². The second-order valence-electron chi connectivity index (χ2n) is 10.6. The Hall–Kier alpha value is -0.300. The van der Waals surface area contributed by atoms with Crippen molar-refractivity contribution in [1.82, 2.24) is 5.32 Å². The molecule has 5 rings (SSSR count). The average Bonchev–Trinajstić information content (AvgIpc) is 3.24. The van der Waals surface area contributed by atoms with Gasteiger partial charge in [-0.3, -0.25) is 0 Å². The summed E-state index contributed by atoms with van der Waals surface area (Å²) in [6.07, 6.45) is 11.6. The number of rotatable bonds is 0. The molecule has 8 atom stereocenters. The molecule has 1 nitrogen and oxygen atoms in total. The second-order valence-corrected chi connectivity index (χ2v) is 10.6. The predicted octanol–water partition coefficient (Wildman–Crippen LogP) is 5.17. The van der Waals surface area contributed by atoms with Crippen molar-refractivity contribution < 1.29 is 0 Å². The molecule has 0 amide bonds. The van der Waals surface area contributed by atoms with E-state index in [4.69, 9.17) is 0 Å². The van der Waals surface area contributed by atoms with Crippen molar-refractivity contribution in [3.63, 3.8) is 0 Å². The fourth-order valence-electron chi connectivity index (χ4n) is 8.16. The normalized spacial score (nSPS) is 61.0. The van der Waals surface area contributed by atoms with E-state index in [0.29, 0.717) is 16.4 Å². The summed E-state index contributed by atoms with van der Waals surface area (Å²) < 4.78 is 0. The summed E-state index contributed by atoms with van der Waals surface area (Å²) in [6.45, 7) is 13.8. The van der Waals surface area contributed by atoms with Crippen LogP contribution in [-0.2, 0) is 0 Å². The Kier molecular flexibility index (Phi) is 2.90. The van der Waals surface area contributed by atoms with Crippen LogP contribution in [0, 0.1) is 40.4 Å². The van der Waals surface area contributed by atoms with E-state index in [9.17, 15) is 0 Å². The van der Waals surface area contributed by atoms with Gasteiger partial charge in [0, 0.05) is 12.1 Å². The second kappa shape index (κ2) is 4.45. The Morgan fingerprint density at radius 2 is 1.78 bits per heavy atom. The van der Waals surface area contributed by atoms with Crippen molar-refractivity contribution in [3.8, 4) is 0 Å². The lowest BCUT2D eigenvalue weighted by molar-refractivity contribution is -0.0886. The molecule has 0 aromatic heterocycles. The lowest BCUT2D eigenvalue weighted by Gasteiger charge is -2.61. The highest BCUT2D eigenvalue weighted by molar-refractivity contribution is 5.28. The molecular formula is C22H35N. The number of hydrogen-bond acceptors (Lipinski definition) is 1. The average molecular weight is 314 g/mol. The van der Waals surface area contributed by atoms with Crippen molar-refractivity contribution >= 4 is 0 Å². The van der Waals surface area contributed by atoms with Gasteiger partial charge in [0.05, 0.1) is 0 Å². The highest BCUT2D eigenvalue weighted by atomic mass is 15.2. The zero-order valence-corrected chi connectivity index (χ0v) is 15.5. The van der Waals surface area contributed by atoms with Gasteiger partial charge in [-0.15, -0.1) is 0 Å². The molecule has 0 aromatic rings. The Balaban J connectivity index is 1.51. The SMILES string of the molecule is C=C1CC2CC(C)CCC2(C)C2CCC3(C)C(CCC34CN4)C12. The zero-order valence-electron chi connectivity index (χ0n) is 15.5. The first kappa shape index (κ1) is 15.0. The first-order chi connectivity index (χ1) is 10.9. The molecule has 5 fully saturated rings. The van der Waals surface area contributed by atoms with E-state index in [1.54, 1.807) is 5.57 Å². The third-order valence-corrected chi connectivity index (χ3v) is 9.86. The van der Waals surface area contributed by atoms with Crippen LogP contribution in [0.1, 0.15) is 72.1 Å². The fraction of sp³-hybridized carbons (Fsp3) is 0.909. The van der Waals surface area contributed by atoms with Gasteiger partial charge in [0.15, 0.2) is 0 Å². The van der Waals surface area contributed by atoms with Crippen molar-refractivity contribution in [2.45, 2.75) is 77.7 Å². The van der Waals surface area contributed by atoms with Crippen molar-refractivity contribution in [3.05, 3.63) is 12.2 Å². The van der Waals surface area contributed by atoms with Gasteiger partial charge < -0.3 is 5.32 Å². The van der Waals surface area contributed by atoms with Crippen LogP contribution in [-0.4, -0.2) is 12.1 Å². The minimum atomic E-state index is 0.530. The van der Waals surface area contributed by atoms with E-state index in [2.05, 4.69) is 32.7 Å². The van der Waals surface area contributed by atoms with Gasteiger partial charge in [-0.25, -0.2) is 0 Å². The Morgan fingerprint density at radius 1 is 1.04 bits per heavy atom. The highest BCUT2D eigenvalue weighted by Gasteiger charge is 2.68. The zero-order chi connectivity index (χ0) is 16.0. The van der Waals surface area contributed by atoms with Crippen molar-refractivity contribution in [2.75, 3.05) is 6.54 Å². The molecule has 1 heteroatoms. The minimum Gasteiger partial charge on any atom is -0.308 e. The summed E-state index contributed by atoms with van der Waals surface area (Å²) in [4.78, 5) is 0. The predicted molar refractivity (Wildman–Crippen MR) is 96.1 cm³/mol. The molecular weight excluding hydrogens is 278 g/mol. The monoisotopic (exact) mass is 313 g/mol. The van der Waals surface area contributed by atoms with Crippen molar-refractivity contribution in [2.24, 2.45) is 40.4 Å². The molecule has 1 N–H and O–H groups in total. The van der Waals surface area contributed by atoms with E-state index in [1.807, 2.05) is 0 Å². The first-order valence-electron chi connectivity index (χ1n) is 10.3. The summed E-state index contributed by atoms with van der Waals surface area (Å²) in [5.41, 5.74) is 3.36. The smallest absolute Gasteiger partial charge is 0.0364 e. The van der Waals surface area contributed by atoms with Crippen LogP contribution in [0.15, 0.2) is 12.2 Å². The third kappa shape index (κ3) is 1.73. The number of nitrogens with one attached hydrogen (secondary N) is 1. The molecule has 8 unspecified atom stereocenters. The summed E-state index contributed by atoms with van der Waals surface area (Å²) in [7, 11) is 0. The topological polar surface area (TPSA) is 21.9 Å². The van der Waals surface area contributed by atoms with Crippen LogP contribution in [0.25, 0.3) is 0 Å². The molecule has 1 aliphatic heterocycles. The molecule has 1 heterocycles.